The van der Waals surface area contributed by atoms with Gasteiger partial charge < -0.3 is 19.6 Å². The minimum Gasteiger partial charge on any atom is -0.430 e. The molecular weight excluding hydrogens is 345 g/mol. The zero-order valence-electron chi connectivity index (χ0n) is 8.96. The van der Waals surface area contributed by atoms with Crippen molar-refractivity contribution in [3.8, 4) is 0 Å². The molecule has 0 fully saturated rings. The van der Waals surface area contributed by atoms with Crippen molar-refractivity contribution in [1.29, 1.82) is 0 Å². The Balaban J connectivity index is 2.54. The van der Waals surface area contributed by atoms with Gasteiger partial charge in [0.15, 0.2) is 5.82 Å². The van der Waals surface area contributed by atoms with Crippen molar-refractivity contribution in [1.82, 2.24) is 9.55 Å². The molecule has 0 spiro atoms. The molecule has 1 aromatic heterocycles. The van der Waals surface area contributed by atoms with Gasteiger partial charge in [0.25, 0.3) is 0 Å². The first-order valence-electron chi connectivity index (χ1n) is 4.58. The third kappa shape index (κ3) is 3.84. The van der Waals surface area contributed by atoms with Crippen LogP contribution in [-0.4, -0.2) is 31.9 Å². The van der Waals surface area contributed by atoms with Crippen LogP contribution in [0.4, 0.5) is 10.6 Å². The molecule has 1 rings (SSSR count). The van der Waals surface area contributed by atoms with E-state index in [9.17, 15) is 14.9 Å². The van der Waals surface area contributed by atoms with E-state index in [4.69, 9.17) is 4.74 Å². The highest BCUT2D eigenvalue weighted by atomic mass is 127. The van der Waals surface area contributed by atoms with Crippen LogP contribution in [0.2, 0.25) is 0 Å². The average molecular weight is 355 g/mol. The number of aromatic nitrogens is 2. The van der Waals surface area contributed by atoms with Crippen LogP contribution >= 0.6 is 22.6 Å². The van der Waals surface area contributed by atoms with Crippen LogP contribution < -0.4 is 0 Å². The minimum absolute atomic E-state index is 0.00644. The molecule has 0 aromatic carbocycles. The number of ether oxygens (including phenoxy) is 2. The molecule has 0 aliphatic carbocycles. The van der Waals surface area contributed by atoms with Gasteiger partial charge in [0.2, 0.25) is 0 Å². The number of alkyl halides is 1. The predicted molar refractivity (Wildman–Crippen MR) is 64.9 cm³/mol. The molecule has 1 aromatic rings. The number of halogens is 1. The van der Waals surface area contributed by atoms with E-state index in [0.717, 1.165) is 0 Å². The Kier molecular flexibility index (Phi) is 5.12. The summed E-state index contributed by atoms with van der Waals surface area (Å²) < 4.78 is 10.8. The van der Waals surface area contributed by atoms with Crippen molar-refractivity contribution in [3.63, 3.8) is 0 Å². The second kappa shape index (κ2) is 6.37. The van der Waals surface area contributed by atoms with Crippen LogP contribution in [0.3, 0.4) is 0 Å². The number of rotatable bonds is 5. The second-order valence-corrected chi connectivity index (χ2v) is 3.55. The smallest absolute Gasteiger partial charge is 0.430 e. The predicted octanol–water partition coefficient (Wildman–Crippen LogP) is 1.65. The maximum absolute atomic E-state index is 10.9. The molecule has 0 N–H and O–H groups in total. The van der Waals surface area contributed by atoms with E-state index < -0.39 is 11.1 Å². The average Bonchev–Trinajstić information content (AvgIpc) is 2.61. The van der Waals surface area contributed by atoms with Gasteiger partial charge in [-0.1, -0.05) is 0 Å². The summed E-state index contributed by atoms with van der Waals surface area (Å²) in [6.45, 7) is 1.79. The lowest BCUT2D eigenvalue weighted by molar-refractivity contribution is -0.392. The molecule has 0 saturated heterocycles. The Bertz CT molecular complexity index is 419. The monoisotopic (exact) mass is 355 g/mol. The van der Waals surface area contributed by atoms with Crippen LogP contribution in [-0.2, 0) is 16.0 Å². The maximum Gasteiger partial charge on any atom is 0.509 e. The van der Waals surface area contributed by atoms with Crippen molar-refractivity contribution in [2.24, 2.45) is 0 Å². The lowest BCUT2D eigenvalue weighted by Crippen LogP contribution is -2.14. The molecule has 1 heterocycles. The molecule has 0 unspecified atom stereocenters. The summed E-state index contributed by atoms with van der Waals surface area (Å²) in [7, 11) is 0. The fourth-order valence-corrected chi connectivity index (χ4v) is 1.44. The zero-order valence-corrected chi connectivity index (χ0v) is 11.1. The fraction of sp³-hybridized carbons (Fsp3) is 0.500. The summed E-state index contributed by atoms with van der Waals surface area (Å²) >= 11 is 1.86. The topological polar surface area (TPSA) is 96.5 Å². The number of nitrogens with zero attached hydrogens (tertiary/aromatic N) is 3. The zero-order chi connectivity index (χ0) is 12.8. The number of aryl methyl sites for hydroxylation is 1. The molecule has 0 bridgehead atoms. The van der Waals surface area contributed by atoms with E-state index >= 15 is 0 Å². The SMILES string of the molecule is Cc1ncc([N+](=O)[O-])n1CCOC(=O)OCI. The first-order valence-corrected chi connectivity index (χ1v) is 6.11. The number of hydrogen-bond donors (Lipinski definition) is 0. The highest BCUT2D eigenvalue weighted by Crippen LogP contribution is 2.13. The quantitative estimate of drug-likeness (QED) is 0.262. The van der Waals surface area contributed by atoms with E-state index in [1.807, 2.05) is 22.6 Å². The van der Waals surface area contributed by atoms with Crippen LogP contribution in [0.1, 0.15) is 5.82 Å². The Labute approximate surface area is 110 Å². The van der Waals surface area contributed by atoms with E-state index in [0.29, 0.717) is 5.82 Å². The van der Waals surface area contributed by atoms with Crippen LogP contribution in [0.25, 0.3) is 0 Å². The first-order chi connectivity index (χ1) is 8.06. The van der Waals surface area contributed by atoms with E-state index in [-0.39, 0.29) is 23.6 Å². The molecule has 0 atom stereocenters. The Morgan fingerprint density at radius 2 is 2.35 bits per heavy atom. The molecule has 0 saturated carbocycles. The summed E-state index contributed by atoms with van der Waals surface area (Å²) in [6, 6.07) is 0. The van der Waals surface area contributed by atoms with Gasteiger partial charge in [-0.3, -0.25) is 0 Å². The van der Waals surface area contributed by atoms with Gasteiger partial charge >= 0.3 is 12.0 Å². The number of imidazole rings is 1. The molecule has 8 nitrogen and oxygen atoms in total. The third-order valence-corrected chi connectivity index (χ3v) is 2.24. The molecule has 9 heteroatoms. The van der Waals surface area contributed by atoms with Crippen LogP contribution in [0.15, 0.2) is 6.20 Å². The highest BCUT2D eigenvalue weighted by molar-refractivity contribution is 14.1. The molecule has 0 radical (unpaired) electrons. The standard InChI is InChI=1S/C8H10IN3O5/c1-6-10-4-7(12(14)15)11(6)2-3-16-8(13)17-5-9/h4H,2-3,5H2,1H3. The lowest BCUT2D eigenvalue weighted by atomic mass is 10.6. The Morgan fingerprint density at radius 1 is 1.65 bits per heavy atom. The van der Waals surface area contributed by atoms with Crippen molar-refractivity contribution >= 4 is 34.6 Å². The van der Waals surface area contributed by atoms with Crippen molar-refractivity contribution in [2.75, 3.05) is 11.2 Å². The number of nitro groups is 1. The molecule has 17 heavy (non-hydrogen) atoms. The Morgan fingerprint density at radius 3 is 2.94 bits per heavy atom. The third-order valence-electron chi connectivity index (χ3n) is 1.93. The van der Waals surface area contributed by atoms with Gasteiger partial charge in [-0.15, -0.1) is 0 Å². The van der Waals surface area contributed by atoms with Gasteiger partial charge in [-0.05, 0) is 27.5 Å². The lowest BCUT2D eigenvalue weighted by Gasteiger charge is -2.04. The summed E-state index contributed by atoms with van der Waals surface area (Å²) in [5, 5.41) is 10.6. The minimum atomic E-state index is -0.792. The highest BCUT2D eigenvalue weighted by Gasteiger charge is 2.17. The molecule has 0 aliphatic rings. The van der Waals surface area contributed by atoms with Gasteiger partial charge in [0.1, 0.15) is 24.0 Å². The molecule has 0 amide bonds. The molecule has 0 aliphatic heterocycles. The van der Waals surface area contributed by atoms with Gasteiger partial charge in [-0.2, -0.15) is 0 Å². The Hall–Kier alpha value is -1.39. The van der Waals surface area contributed by atoms with Crippen LogP contribution in [0, 0.1) is 17.0 Å². The van der Waals surface area contributed by atoms with Crippen LogP contribution in [0.5, 0.6) is 0 Å². The first kappa shape index (κ1) is 13.7. The van der Waals surface area contributed by atoms with Crippen molar-refractivity contribution in [3.05, 3.63) is 22.1 Å². The van der Waals surface area contributed by atoms with E-state index in [1.165, 1.54) is 10.8 Å². The van der Waals surface area contributed by atoms with Gasteiger partial charge in [-0.25, -0.2) is 14.3 Å². The fourth-order valence-electron chi connectivity index (χ4n) is 1.18. The summed E-state index contributed by atoms with van der Waals surface area (Å²) in [6.07, 6.45) is 0.373. The summed E-state index contributed by atoms with van der Waals surface area (Å²) in [5.74, 6) is 0.357. The molecular formula is C8H10IN3O5. The van der Waals surface area contributed by atoms with Gasteiger partial charge in [0, 0.05) is 6.92 Å². The van der Waals surface area contributed by atoms with E-state index in [1.54, 1.807) is 6.92 Å². The number of carbonyl (C=O) groups excluding carboxylic acids is 1. The van der Waals surface area contributed by atoms with Crippen molar-refractivity contribution in [2.45, 2.75) is 13.5 Å². The largest absolute Gasteiger partial charge is 0.509 e. The molecule has 94 valence electrons. The van der Waals surface area contributed by atoms with Gasteiger partial charge in [0.05, 0.1) is 0 Å². The van der Waals surface area contributed by atoms with E-state index in [2.05, 4.69) is 9.72 Å². The normalized spacial score (nSPS) is 10.0. The van der Waals surface area contributed by atoms with Crippen molar-refractivity contribution < 1.29 is 19.2 Å². The number of carbonyl (C=O) groups is 1. The second-order valence-electron chi connectivity index (χ2n) is 2.92. The maximum atomic E-state index is 10.9. The summed E-state index contributed by atoms with van der Waals surface area (Å²) in [4.78, 5) is 24.8. The number of hydrogen-bond acceptors (Lipinski definition) is 6. The summed E-state index contributed by atoms with van der Waals surface area (Å²) in [5.41, 5.74) is 0.